The van der Waals surface area contributed by atoms with Crippen LogP contribution in [0.1, 0.15) is 50.5 Å². The van der Waals surface area contributed by atoms with Crippen molar-refractivity contribution < 1.29 is 4.79 Å². The number of hydrogen-bond donors (Lipinski definition) is 2. The zero-order valence-corrected chi connectivity index (χ0v) is 17.0. The number of carbonyl (C=O) groups is 1. The molecule has 1 fully saturated rings. The third-order valence-corrected chi connectivity index (χ3v) is 5.23. The van der Waals surface area contributed by atoms with Crippen LogP contribution in [0.15, 0.2) is 12.1 Å². The molecule has 1 aliphatic rings. The molecule has 27 heavy (non-hydrogen) atoms. The van der Waals surface area contributed by atoms with E-state index in [9.17, 15) is 4.79 Å². The largest absolute Gasteiger partial charge is 0.355 e. The van der Waals surface area contributed by atoms with E-state index in [0.29, 0.717) is 11.9 Å². The summed E-state index contributed by atoms with van der Waals surface area (Å²) in [7, 11) is 1.96. The summed E-state index contributed by atoms with van der Waals surface area (Å²) in [5.74, 6) is 1.70. The van der Waals surface area contributed by atoms with Crippen LogP contribution in [0.4, 0.5) is 16.4 Å². The van der Waals surface area contributed by atoms with Crippen LogP contribution >= 0.6 is 0 Å². The van der Waals surface area contributed by atoms with Crippen LogP contribution in [-0.2, 0) is 7.05 Å². The second-order valence-corrected chi connectivity index (χ2v) is 7.52. The monoisotopic (exact) mass is 373 g/mol. The fraction of sp³-hybridized carbons (Fsp3) is 0.632. The molecular weight excluding hydrogens is 342 g/mol. The molecule has 8 heteroatoms. The lowest BCUT2D eigenvalue weighted by molar-refractivity contribution is 0.246. The summed E-state index contributed by atoms with van der Waals surface area (Å²) in [6, 6.07) is 4.23. The number of rotatable bonds is 5. The Bertz CT molecular complexity index is 794. The number of nitrogens with one attached hydrogen (secondary N) is 2. The Hall–Kier alpha value is -2.51. The summed E-state index contributed by atoms with van der Waals surface area (Å²) < 4.78 is 3.87. The third kappa shape index (κ3) is 4.43. The zero-order valence-electron chi connectivity index (χ0n) is 17.0. The van der Waals surface area contributed by atoms with Gasteiger partial charge in [-0.25, -0.2) is 4.79 Å². The van der Waals surface area contributed by atoms with Gasteiger partial charge in [-0.1, -0.05) is 6.92 Å². The smallest absolute Gasteiger partial charge is 0.320 e. The molecule has 148 valence electrons. The summed E-state index contributed by atoms with van der Waals surface area (Å²) >= 11 is 0. The fourth-order valence-electron chi connectivity index (χ4n) is 3.70. The second kappa shape index (κ2) is 8.02. The number of carbonyl (C=O) groups excluding carboxylic acids is 1. The number of anilines is 2. The second-order valence-electron chi connectivity index (χ2n) is 7.52. The maximum atomic E-state index is 12.4. The van der Waals surface area contributed by atoms with Crippen molar-refractivity contribution >= 4 is 17.7 Å². The van der Waals surface area contributed by atoms with Gasteiger partial charge in [-0.05, 0) is 40.0 Å². The molecule has 2 N–H and O–H groups in total. The molecule has 2 aromatic rings. The zero-order chi connectivity index (χ0) is 19.6. The quantitative estimate of drug-likeness (QED) is 0.844. The van der Waals surface area contributed by atoms with Gasteiger partial charge in [0, 0.05) is 50.0 Å². The Labute approximate surface area is 160 Å². The van der Waals surface area contributed by atoms with Gasteiger partial charge >= 0.3 is 6.03 Å². The van der Waals surface area contributed by atoms with E-state index < -0.39 is 0 Å². The summed E-state index contributed by atoms with van der Waals surface area (Å²) in [4.78, 5) is 14.7. The third-order valence-electron chi connectivity index (χ3n) is 5.23. The Morgan fingerprint density at radius 1 is 1.33 bits per heavy atom. The van der Waals surface area contributed by atoms with E-state index in [1.165, 1.54) is 0 Å². The van der Waals surface area contributed by atoms with E-state index in [-0.39, 0.29) is 12.1 Å². The van der Waals surface area contributed by atoms with Crippen LogP contribution in [0.3, 0.4) is 0 Å². The molecule has 0 aromatic carbocycles. The van der Waals surface area contributed by atoms with Crippen molar-refractivity contribution in [1.82, 2.24) is 24.9 Å². The van der Waals surface area contributed by atoms with Crippen molar-refractivity contribution in [2.24, 2.45) is 7.05 Å². The van der Waals surface area contributed by atoms with Crippen LogP contribution in [-0.4, -0.2) is 44.7 Å². The topological polar surface area (TPSA) is 80.0 Å². The molecule has 2 unspecified atom stereocenters. The van der Waals surface area contributed by atoms with Crippen molar-refractivity contribution in [3.8, 4) is 0 Å². The van der Waals surface area contributed by atoms with Gasteiger partial charge in [0.25, 0.3) is 0 Å². The van der Waals surface area contributed by atoms with E-state index in [1.54, 1.807) is 0 Å². The Balaban J connectivity index is 1.58. The molecule has 2 amide bonds. The van der Waals surface area contributed by atoms with Crippen LogP contribution in [0.5, 0.6) is 0 Å². The molecule has 0 bridgehead atoms. The van der Waals surface area contributed by atoms with Crippen LogP contribution < -0.4 is 15.5 Å². The lowest BCUT2D eigenvalue weighted by atomic mass is 10.1. The first kappa shape index (κ1) is 19.3. The normalized spacial score (nSPS) is 18.4. The molecule has 0 saturated carbocycles. The summed E-state index contributed by atoms with van der Waals surface area (Å²) in [5.41, 5.74) is 2.06. The average Bonchev–Trinajstić information content (AvgIpc) is 3.15. The van der Waals surface area contributed by atoms with Gasteiger partial charge in [0.05, 0.1) is 5.69 Å². The van der Waals surface area contributed by atoms with Crippen molar-refractivity contribution in [3.05, 3.63) is 23.5 Å². The molecule has 0 radical (unpaired) electrons. The summed E-state index contributed by atoms with van der Waals surface area (Å²) in [6.45, 7) is 10.0. The number of piperidine rings is 1. The van der Waals surface area contributed by atoms with Crippen molar-refractivity contribution in [3.63, 3.8) is 0 Å². The molecule has 1 aliphatic heterocycles. The number of urea groups is 1. The predicted molar refractivity (Wildman–Crippen MR) is 107 cm³/mol. The highest BCUT2D eigenvalue weighted by molar-refractivity contribution is 5.88. The van der Waals surface area contributed by atoms with Gasteiger partial charge in [0.15, 0.2) is 5.82 Å². The first-order valence-corrected chi connectivity index (χ1v) is 9.76. The summed E-state index contributed by atoms with van der Waals surface area (Å²) in [6.07, 6.45) is 3.01. The van der Waals surface area contributed by atoms with Crippen LogP contribution in [0.2, 0.25) is 0 Å². The first-order valence-electron chi connectivity index (χ1n) is 9.76. The number of aryl methyl sites for hydroxylation is 3. The van der Waals surface area contributed by atoms with Crippen molar-refractivity contribution in [1.29, 1.82) is 0 Å². The fourth-order valence-corrected chi connectivity index (χ4v) is 3.70. The highest BCUT2D eigenvalue weighted by Gasteiger charge is 2.24. The average molecular weight is 374 g/mol. The van der Waals surface area contributed by atoms with E-state index in [2.05, 4.69) is 45.6 Å². The lowest BCUT2D eigenvalue weighted by Crippen LogP contribution is -2.49. The van der Waals surface area contributed by atoms with E-state index in [4.69, 9.17) is 0 Å². The van der Waals surface area contributed by atoms with Crippen molar-refractivity contribution in [2.75, 3.05) is 23.3 Å². The first-order chi connectivity index (χ1) is 12.9. The van der Waals surface area contributed by atoms with Gasteiger partial charge in [0.1, 0.15) is 5.82 Å². The molecule has 3 rings (SSSR count). The molecule has 0 spiro atoms. The Morgan fingerprint density at radius 3 is 2.78 bits per heavy atom. The molecule has 8 nitrogen and oxygen atoms in total. The number of nitrogens with zero attached hydrogens (tertiary/aromatic N) is 5. The number of amides is 2. The van der Waals surface area contributed by atoms with E-state index >= 15 is 0 Å². The van der Waals surface area contributed by atoms with E-state index in [1.807, 2.05) is 36.3 Å². The lowest BCUT2D eigenvalue weighted by Gasteiger charge is -2.34. The van der Waals surface area contributed by atoms with Gasteiger partial charge in [-0.2, -0.15) is 10.2 Å². The highest BCUT2D eigenvalue weighted by atomic mass is 16.2. The number of aromatic nitrogens is 4. The van der Waals surface area contributed by atoms with Gasteiger partial charge in [-0.15, -0.1) is 0 Å². The molecule has 2 aromatic heterocycles. The van der Waals surface area contributed by atoms with E-state index in [0.717, 1.165) is 49.6 Å². The minimum Gasteiger partial charge on any atom is -0.355 e. The van der Waals surface area contributed by atoms with Gasteiger partial charge < -0.3 is 10.2 Å². The Kier molecular flexibility index (Phi) is 5.72. The van der Waals surface area contributed by atoms with Crippen molar-refractivity contribution in [2.45, 2.75) is 59.0 Å². The Morgan fingerprint density at radius 2 is 2.11 bits per heavy atom. The van der Waals surface area contributed by atoms with Crippen LogP contribution in [0.25, 0.3) is 0 Å². The number of hydrogen-bond acceptors (Lipinski definition) is 4. The minimum absolute atomic E-state index is 0.103. The van der Waals surface area contributed by atoms with Crippen LogP contribution in [0, 0.1) is 13.8 Å². The summed E-state index contributed by atoms with van der Waals surface area (Å²) in [5, 5.41) is 14.9. The maximum absolute atomic E-state index is 12.4. The SMILES string of the molecule is CCC(C)n1nc(NC(=O)NC2CCCN(c3cc(C)nn3C)C2)cc1C. The van der Waals surface area contributed by atoms with Gasteiger partial charge in [0.2, 0.25) is 0 Å². The highest BCUT2D eigenvalue weighted by Crippen LogP contribution is 2.21. The predicted octanol–water partition coefficient (Wildman–Crippen LogP) is 2.99. The molecular formula is C19H31N7O. The minimum atomic E-state index is -0.197. The molecule has 2 atom stereocenters. The molecule has 1 saturated heterocycles. The maximum Gasteiger partial charge on any atom is 0.320 e. The molecule has 0 aliphatic carbocycles. The molecule has 3 heterocycles. The standard InChI is InChI=1S/C19H31N7O/c1-6-14(3)26-15(4)11-17(23-26)21-19(27)20-16-8-7-9-25(12-16)18-10-13(2)22-24(18)5/h10-11,14,16H,6-9,12H2,1-5H3,(H2,20,21,23,27). The van der Waals surface area contributed by atoms with Gasteiger partial charge in [-0.3, -0.25) is 14.7 Å².